The van der Waals surface area contributed by atoms with Crippen molar-refractivity contribution in [1.29, 1.82) is 0 Å². The molecule has 1 fully saturated rings. The monoisotopic (exact) mass is 452 g/mol. The van der Waals surface area contributed by atoms with E-state index in [0.717, 1.165) is 5.56 Å². The third kappa shape index (κ3) is 4.48. The van der Waals surface area contributed by atoms with E-state index in [1.807, 2.05) is 30.3 Å². The Labute approximate surface area is 189 Å². The Morgan fingerprint density at radius 3 is 2.44 bits per heavy atom. The zero-order valence-electron chi connectivity index (χ0n) is 17.1. The summed E-state index contributed by atoms with van der Waals surface area (Å²) in [6.45, 7) is 0. The fraction of sp³-hybridized carbons (Fsp3) is 0.125. The van der Waals surface area contributed by atoms with Gasteiger partial charge in [0.15, 0.2) is 6.04 Å². The molecule has 32 heavy (non-hydrogen) atoms. The minimum absolute atomic E-state index is 0.251. The van der Waals surface area contributed by atoms with E-state index in [2.05, 4.69) is 10.7 Å². The Kier molecular flexibility index (Phi) is 6.18. The smallest absolute Gasteiger partial charge is 0.304 e. The van der Waals surface area contributed by atoms with Crippen molar-refractivity contribution in [2.75, 3.05) is 7.11 Å². The molecule has 3 aromatic rings. The van der Waals surface area contributed by atoms with Gasteiger partial charge in [0.2, 0.25) is 12.3 Å². The van der Waals surface area contributed by atoms with Crippen molar-refractivity contribution in [2.24, 2.45) is 0 Å². The number of methoxy groups -OCH3 is 1. The van der Waals surface area contributed by atoms with Gasteiger partial charge in [0.25, 0.3) is 5.91 Å². The maximum absolute atomic E-state index is 13.2. The second-order valence-corrected chi connectivity index (χ2v) is 7.62. The molecule has 0 saturated carbocycles. The van der Waals surface area contributed by atoms with Gasteiger partial charge in [-0.15, -0.1) is 10.1 Å². The summed E-state index contributed by atoms with van der Waals surface area (Å²) in [6, 6.07) is 18.1. The molecule has 8 heteroatoms. The van der Waals surface area contributed by atoms with Crippen LogP contribution in [0.15, 0.2) is 72.8 Å². The molecule has 0 aliphatic carbocycles. The van der Waals surface area contributed by atoms with Gasteiger partial charge in [0, 0.05) is 11.1 Å². The molecular formula is C24H20ClFN3O3+. The van der Waals surface area contributed by atoms with Crippen LogP contribution in [0.4, 0.5) is 4.39 Å². The van der Waals surface area contributed by atoms with Gasteiger partial charge in [0.05, 0.1) is 17.7 Å². The Balaban J connectivity index is 1.71. The molecule has 162 valence electrons. The summed E-state index contributed by atoms with van der Waals surface area (Å²) in [5.41, 5.74) is 4.53. The molecule has 1 heterocycles. The van der Waals surface area contributed by atoms with Crippen molar-refractivity contribution in [3.63, 3.8) is 0 Å². The van der Waals surface area contributed by atoms with E-state index in [1.165, 1.54) is 24.3 Å². The molecule has 0 bridgehead atoms. The van der Waals surface area contributed by atoms with Gasteiger partial charge >= 0.3 is 5.91 Å². The second-order valence-electron chi connectivity index (χ2n) is 7.21. The van der Waals surface area contributed by atoms with E-state index in [9.17, 15) is 14.0 Å². The minimum Gasteiger partial charge on any atom is -0.497 e. The quantitative estimate of drug-likeness (QED) is 0.582. The first kappa shape index (κ1) is 21.5. The van der Waals surface area contributed by atoms with Gasteiger partial charge in [-0.1, -0.05) is 23.7 Å². The van der Waals surface area contributed by atoms with Crippen LogP contribution in [0.3, 0.4) is 0 Å². The molecule has 3 aromatic carbocycles. The molecule has 0 unspecified atom stereocenters. The number of ether oxygens (including phenoxy) is 1. The lowest BCUT2D eigenvalue weighted by Gasteiger charge is -2.15. The predicted octanol–water partition coefficient (Wildman–Crippen LogP) is 3.50. The number of benzene rings is 3. The van der Waals surface area contributed by atoms with Gasteiger partial charge in [-0.25, -0.2) is 4.39 Å². The highest BCUT2D eigenvalue weighted by molar-refractivity contribution is 6.32. The summed E-state index contributed by atoms with van der Waals surface area (Å²) < 4.78 is 20.1. The normalized spacial score (nSPS) is 19.0. The van der Waals surface area contributed by atoms with Crippen molar-refractivity contribution >= 4 is 29.6 Å². The number of amides is 2. The van der Waals surface area contributed by atoms with Crippen LogP contribution < -0.4 is 15.5 Å². The summed E-state index contributed by atoms with van der Waals surface area (Å²) in [5.74, 6) is -0.649. The molecule has 1 aliphatic rings. The molecule has 2 N–H and O–H groups in total. The first-order valence-corrected chi connectivity index (χ1v) is 10.2. The standard InChI is InChI=1S/C24H19ClFN3O3/c1-32-19-12-8-15(9-13-19)22-21(27-23(30)16-6-10-18(26)11-7-16)24(31)28-29(22)14-17-4-2-3-5-20(17)25/h2-14,21-22H,1H3,(H-,27,28,30,31)/p+1/b29-14-/t21-,22+/m1/s1. The molecule has 0 radical (unpaired) electrons. The zero-order valence-corrected chi connectivity index (χ0v) is 17.8. The average molecular weight is 453 g/mol. The van der Waals surface area contributed by atoms with Crippen LogP contribution in [-0.4, -0.2) is 35.9 Å². The molecule has 2 atom stereocenters. The average Bonchev–Trinajstić information content (AvgIpc) is 3.10. The number of hydrogen-bond acceptors (Lipinski definition) is 3. The van der Waals surface area contributed by atoms with Gasteiger partial charge in [-0.3, -0.25) is 9.59 Å². The summed E-state index contributed by atoms with van der Waals surface area (Å²) in [4.78, 5) is 25.7. The van der Waals surface area contributed by atoms with E-state index in [-0.39, 0.29) is 11.5 Å². The van der Waals surface area contributed by atoms with Crippen LogP contribution in [0.5, 0.6) is 5.75 Å². The van der Waals surface area contributed by atoms with E-state index < -0.39 is 23.8 Å². The molecule has 6 nitrogen and oxygen atoms in total. The van der Waals surface area contributed by atoms with Crippen LogP contribution >= 0.6 is 11.6 Å². The Hall–Kier alpha value is -3.71. The number of carbonyl (C=O) groups is 2. The molecule has 4 rings (SSSR count). The highest BCUT2D eigenvalue weighted by Gasteiger charge is 2.47. The second kappa shape index (κ2) is 9.20. The Morgan fingerprint density at radius 1 is 1.09 bits per heavy atom. The fourth-order valence-corrected chi connectivity index (χ4v) is 3.72. The number of nitrogens with zero attached hydrogens (tertiary/aromatic N) is 1. The van der Waals surface area contributed by atoms with Gasteiger partial charge in [-0.05, 0) is 60.7 Å². The van der Waals surface area contributed by atoms with Crippen molar-refractivity contribution < 1.29 is 23.4 Å². The lowest BCUT2D eigenvalue weighted by atomic mass is 9.99. The van der Waals surface area contributed by atoms with Crippen molar-refractivity contribution in [2.45, 2.75) is 12.1 Å². The maximum atomic E-state index is 13.2. The van der Waals surface area contributed by atoms with Crippen molar-refractivity contribution in [3.05, 3.63) is 100 Å². The number of nitrogens with one attached hydrogen (secondary N) is 2. The number of halogens is 2. The van der Waals surface area contributed by atoms with Crippen LogP contribution in [0.1, 0.15) is 27.5 Å². The number of hydrazone groups is 1. The third-order valence-electron chi connectivity index (χ3n) is 5.17. The summed E-state index contributed by atoms with van der Waals surface area (Å²) >= 11 is 6.30. The van der Waals surface area contributed by atoms with E-state index in [1.54, 1.807) is 36.2 Å². The highest BCUT2D eigenvalue weighted by Crippen LogP contribution is 2.27. The van der Waals surface area contributed by atoms with Crippen molar-refractivity contribution in [3.8, 4) is 5.75 Å². The molecular weight excluding hydrogens is 433 g/mol. The summed E-state index contributed by atoms with van der Waals surface area (Å²) in [7, 11) is 1.57. The topological polar surface area (TPSA) is 70.4 Å². The third-order valence-corrected chi connectivity index (χ3v) is 5.52. The number of carbonyl (C=O) groups excluding carboxylic acids is 2. The fourth-order valence-electron chi connectivity index (χ4n) is 3.54. The van der Waals surface area contributed by atoms with Crippen LogP contribution in [0.2, 0.25) is 5.02 Å². The van der Waals surface area contributed by atoms with Crippen LogP contribution in [0.25, 0.3) is 0 Å². The number of hydrazine groups is 1. The zero-order chi connectivity index (χ0) is 22.7. The first-order chi connectivity index (χ1) is 15.5. The molecule has 1 saturated heterocycles. The van der Waals surface area contributed by atoms with Crippen LogP contribution in [0, 0.1) is 5.82 Å². The van der Waals surface area contributed by atoms with E-state index in [4.69, 9.17) is 16.3 Å². The molecule has 0 aromatic heterocycles. The molecule has 1 aliphatic heterocycles. The minimum atomic E-state index is -0.903. The Morgan fingerprint density at radius 2 is 1.78 bits per heavy atom. The summed E-state index contributed by atoms with van der Waals surface area (Å²) in [6.07, 6.45) is 1.72. The van der Waals surface area contributed by atoms with Gasteiger partial charge in [0.1, 0.15) is 11.6 Å². The maximum Gasteiger partial charge on any atom is 0.304 e. The summed E-state index contributed by atoms with van der Waals surface area (Å²) in [5, 5.41) is 3.29. The first-order valence-electron chi connectivity index (χ1n) is 9.85. The number of rotatable bonds is 5. The van der Waals surface area contributed by atoms with Gasteiger partial charge < -0.3 is 10.1 Å². The predicted molar refractivity (Wildman–Crippen MR) is 118 cm³/mol. The van der Waals surface area contributed by atoms with Crippen LogP contribution in [-0.2, 0) is 4.79 Å². The molecule has 2 amide bonds. The van der Waals surface area contributed by atoms with Gasteiger partial charge in [-0.2, -0.15) is 0 Å². The van der Waals surface area contributed by atoms with Crippen molar-refractivity contribution in [1.82, 2.24) is 10.7 Å². The Bertz CT molecular complexity index is 1180. The largest absolute Gasteiger partial charge is 0.497 e. The van der Waals surface area contributed by atoms with E-state index in [0.29, 0.717) is 16.3 Å². The number of hydrogen-bond donors (Lipinski definition) is 2. The lowest BCUT2D eigenvalue weighted by molar-refractivity contribution is -0.596. The van der Waals surface area contributed by atoms with E-state index >= 15 is 0 Å². The SMILES string of the molecule is COc1ccc([C@H]2[C@@H](NC(=O)c3ccc(F)cc3)C(=O)N/[N+]2=C\c2ccccc2Cl)cc1. The highest BCUT2D eigenvalue weighted by atomic mass is 35.5. The lowest BCUT2D eigenvalue weighted by Crippen LogP contribution is -2.42. The molecule has 0 spiro atoms.